The minimum Gasteiger partial charge on any atom is -0.508 e. The van der Waals surface area contributed by atoms with E-state index in [2.05, 4.69) is 39.2 Å². The van der Waals surface area contributed by atoms with Crippen molar-refractivity contribution in [3.63, 3.8) is 0 Å². The number of aliphatic carboxylic acids is 1. The molecule has 6 unspecified atom stereocenters. The van der Waals surface area contributed by atoms with Crippen LogP contribution < -0.4 is 38.1 Å². The van der Waals surface area contributed by atoms with Gasteiger partial charge in [-0.2, -0.15) is 12.6 Å². The molecule has 0 spiro atoms. The molecule has 1 aromatic rings. The average Bonchev–Trinajstić information content (AvgIpc) is 3.60. The van der Waals surface area contributed by atoms with Crippen molar-refractivity contribution < 1.29 is 48.6 Å². The van der Waals surface area contributed by atoms with E-state index in [1.54, 1.807) is 39.8 Å². The Morgan fingerprint density at radius 3 is 2.00 bits per heavy atom. The van der Waals surface area contributed by atoms with E-state index in [9.17, 15) is 48.6 Å². The molecule has 54 heavy (non-hydrogen) atoms. The number of nitrogens with zero attached hydrogens (tertiary/aromatic N) is 1. The van der Waals surface area contributed by atoms with Gasteiger partial charge in [0.1, 0.15) is 42.0 Å². The second kappa shape index (κ2) is 21.7. The molecule has 0 saturated carbocycles. The van der Waals surface area contributed by atoms with Crippen molar-refractivity contribution in [3.05, 3.63) is 29.8 Å². The van der Waals surface area contributed by atoms with Gasteiger partial charge in [0, 0.05) is 25.1 Å². The summed E-state index contributed by atoms with van der Waals surface area (Å²) in [6.45, 7) is 6.64. The minimum absolute atomic E-state index is 0.00413. The Hall–Kier alpha value is -4.91. The van der Waals surface area contributed by atoms with E-state index in [0.29, 0.717) is 12.0 Å². The molecular weight excluding hydrogens is 724 g/mol. The van der Waals surface area contributed by atoms with Gasteiger partial charge < -0.3 is 53.2 Å². The van der Waals surface area contributed by atoms with Gasteiger partial charge in [0.25, 0.3) is 0 Å². The number of thiol groups is 1. The van der Waals surface area contributed by atoms with Crippen LogP contribution in [0.2, 0.25) is 0 Å². The number of carbonyl (C=O) groups excluding carboxylic acids is 7. The number of amides is 7. The second-order valence-corrected chi connectivity index (χ2v) is 14.3. The summed E-state index contributed by atoms with van der Waals surface area (Å²) in [4.78, 5) is 104. The molecule has 1 fully saturated rings. The number of phenolic OH excluding ortho intramolecular Hbond substituents is 1. The Labute approximate surface area is 319 Å². The lowest BCUT2D eigenvalue weighted by molar-refractivity contribution is -0.145. The predicted octanol–water partition coefficient (Wildman–Crippen LogP) is -1.71. The molecule has 19 heteroatoms. The number of carbonyl (C=O) groups is 8. The lowest BCUT2D eigenvalue weighted by Crippen LogP contribution is -2.61. The van der Waals surface area contributed by atoms with Crippen LogP contribution in [0.25, 0.3) is 0 Å². The quantitative estimate of drug-likeness (QED) is 0.0627. The summed E-state index contributed by atoms with van der Waals surface area (Å²) in [6.07, 6.45) is 0.302. The average molecular weight is 779 g/mol. The van der Waals surface area contributed by atoms with Gasteiger partial charge in [0.2, 0.25) is 41.4 Å². The number of rotatable bonds is 21. The van der Waals surface area contributed by atoms with Gasteiger partial charge in [-0.25, -0.2) is 4.79 Å². The van der Waals surface area contributed by atoms with E-state index in [1.165, 1.54) is 17.0 Å². The number of hydrogen-bond donors (Lipinski definition) is 10. The third kappa shape index (κ3) is 14.1. The maximum Gasteiger partial charge on any atom is 0.326 e. The van der Waals surface area contributed by atoms with Crippen LogP contribution in [0.1, 0.15) is 65.4 Å². The Bertz CT molecular complexity index is 1510. The first kappa shape index (κ1) is 45.2. The fraction of sp³-hybridized carbons (Fsp3) is 0.600. The zero-order valence-corrected chi connectivity index (χ0v) is 31.9. The first-order valence-electron chi connectivity index (χ1n) is 17.8. The smallest absolute Gasteiger partial charge is 0.326 e. The van der Waals surface area contributed by atoms with Gasteiger partial charge in [-0.15, -0.1) is 0 Å². The highest BCUT2D eigenvalue weighted by Crippen LogP contribution is 2.21. The van der Waals surface area contributed by atoms with Gasteiger partial charge in [-0.3, -0.25) is 33.6 Å². The topological polar surface area (TPSA) is 292 Å². The van der Waals surface area contributed by atoms with Gasteiger partial charge in [-0.05, 0) is 55.2 Å². The molecule has 1 heterocycles. The summed E-state index contributed by atoms with van der Waals surface area (Å²) in [5.41, 5.74) is 11.4. The van der Waals surface area contributed by atoms with Crippen LogP contribution in [0, 0.1) is 11.8 Å². The molecule has 1 saturated heterocycles. The second-order valence-electron chi connectivity index (χ2n) is 14.0. The first-order chi connectivity index (χ1) is 25.4. The van der Waals surface area contributed by atoms with Gasteiger partial charge in [0.05, 0.1) is 6.54 Å². The third-order valence-electron chi connectivity index (χ3n) is 8.73. The van der Waals surface area contributed by atoms with Crippen molar-refractivity contribution in [3.8, 4) is 5.75 Å². The van der Waals surface area contributed by atoms with E-state index in [1.807, 2.05) is 0 Å². The van der Waals surface area contributed by atoms with Crippen LogP contribution in [-0.2, 0) is 44.8 Å². The Morgan fingerprint density at radius 2 is 1.46 bits per heavy atom. The molecule has 300 valence electrons. The normalized spacial score (nSPS) is 16.7. The number of likely N-dealkylation sites (tertiary alicyclic amines) is 1. The number of carboxylic acid groups (broad SMARTS) is 1. The summed E-state index contributed by atoms with van der Waals surface area (Å²) in [7, 11) is 0. The molecule has 0 radical (unpaired) electrons. The molecule has 1 aliphatic heterocycles. The lowest BCUT2D eigenvalue weighted by atomic mass is 10.0. The molecule has 0 aliphatic carbocycles. The molecule has 6 atom stereocenters. The molecule has 7 amide bonds. The highest BCUT2D eigenvalue weighted by atomic mass is 32.1. The van der Waals surface area contributed by atoms with Crippen molar-refractivity contribution in [1.82, 2.24) is 31.5 Å². The predicted molar refractivity (Wildman–Crippen MR) is 199 cm³/mol. The number of aromatic hydroxyl groups is 1. The number of primary amides is 1. The molecule has 1 aromatic carbocycles. The van der Waals surface area contributed by atoms with Crippen molar-refractivity contribution in [1.29, 1.82) is 0 Å². The van der Waals surface area contributed by atoms with E-state index in [-0.39, 0.29) is 56.1 Å². The van der Waals surface area contributed by atoms with E-state index in [4.69, 9.17) is 11.5 Å². The molecule has 1 aliphatic rings. The maximum atomic E-state index is 13.8. The van der Waals surface area contributed by atoms with Gasteiger partial charge >= 0.3 is 5.97 Å². The molecule has 2 rings (SSSR count). The van der Waals surface area contributed by atoms with Crippen molar-refractivity contribution in [2.75, 3.05) is 18.8 Å². The zero-order chi connectivity index (χ0) is 40.7. The van der Waals surface area contributed by atoms with Gasteiger partial charge in [0.15, 0.2) is 0 Å². The monoisotopic (exact) mass is 778 g/mol. The largest absolute Gasteiger partial charge is 0.508 e. The number of hydrogen-bond acceptors (Lipinski definition) is 11. The van der Waals surface area contributed by atoms with Crippen LogP contribution in [0.15, 0.2) is 24.3 Å². The van der Waals surface area contributed by atoms with Crippen molar-refractivity contribution in [2.45, 2.75) is 102 Å². The highest BCUT2D eigenvalue weighted by Gasteiger charge is 2.40. The molecular formula is C35H54N8O10S. The summed E-state index contributed by atoms with van der Waals surface area (Å²) in [5.74, 6) is -7.08. The first-order valence-corrected chi connectivity index (χ1v) is 18.4. The number of nitrogens with one attached hydrogen (secondary N) is 5. The number of phenols is 1. The van der Waals surface area contributed by atoms with Crippen LogP contribution in [0.4, 0.5) is 0 Å². The Balaban J connectivity index is 2.22. The maximum absolute atomic E-state index is 13.8. The van der Waals surface area contributed by atoms with Crippen LogP contribution in [0.5, 0.6) is 5.75 Å². The van der Waals surface area contributed by atoms with Crippen LogP contribution >= 0.6 is 12.6 Å². The summed E-state index contributed by atoms with van der Waals surface area (Å²) in [6, 6.07) is -1.27. The molecule has 18 nitrogen and oxygen atoms in total. The van der Waals surface area contributed by atoms with E-state index in [0.717, 1.165) is 0 Å². The van der Waals surface area contributed by atoms with Gasteiger partial charge in [-0.1, -0.05) is 39.8 Å². The molecule has 11 N–H and O–H groups in total. The van der Waals surface area contributed by atoms with E-state index < -0.39 is 96.0 Å². The number of benzene rings is 1. The molecule has 0 aromatic heterocycles. The summed E-state index contributed by atoms with van der Waals surface area (Å²) >= 11 is 4.21. The number of carboxylic acids is 1. The Morgan fingerprint density at radius 1 is 0.852 bits per heavy atom. The SMILES string of the molecule is CC(C)CC(NC(=O)C1CCCN1C(=O)C(CCC(N)=O)NC(=O)C(CS)NC(=O)C(NC(=O)C(Cc1ccc(O)cc1)NC(=O)CN)C(C)C)C(=O)O. The van der Waals surface area contributed by atoms with E-state index >= 15 is 0 Å². The summed E-state index contributed by atoms with van der Waals surface area (Å²) in [5, 5.41) is 31.9. The lowest BCUT2D eigenvalue weighted by Gasteiger charge is -2.31. The summed E-state index contributed by atoms with van der Waals surface area (Å²) < 4.78 is 0. The molecule has 0 bridgehead atoms. The van der Waals surface area contributed by atoms with Crippen molar-refractivity contribution >= 4 is 59.9 Å². The van der Waals surface area contributed by atoms with Crippen LogP contribution in [0.3, 0.4) is 0 Å². The standard InChI is InChI=1S/C35H54N8O10S/c1-18(2)14-24(35(52)53)40-32(49)26-6-5-13-43(26)34(51)22(11-12-27(37)45)39-31(48)25(17-54)41-33(50)29(19(3)4)42-30(47)23(38-28(46)16-36)15-20-7-9-21(44)10-8-20/h7-10,18-19,22-26,29,44,54H,5-6,11-17,36H2,1-4H3,(H2,37,45)(H,38,46)(H,39,48)(H,40,49)(H,41,50)(H,42,47)(H,52,53). The minimum atomic E-state index is -1.35. The zero-order valence-electron chi connectivity index (χ0n) is 31.0. The highest BCUT2D eigenvalue weighted by molar-refractivity contribution is 7.80. The van der Waals surface area contributed by atoms with Crippen molar-refractivity contribution in [2.24, 2.45) is 23.3 Å². The fourth-order valence-corrected chi connectivity index (χ4v) is 6.11. The number of nitrogens with two attached hydrogens (primary N) is 2. The van der Waals surface area contributed by atoms with Crippen LogP contribution in [-0.4, -0.2) is 118 Å². The fourth-order valence-electron chi connectivity index (χ4n) is 5.86. The third-order valence-corrected chi connectivity index (χ3v) is 9.10. The Kier molecular flexibility index (Phi) is 18.2.